The highest BCUT2D eigenvalue weighted by molar-refractivity contribution is 5.60. The highest BCUT2D eigenvalue weighted by Gasteiger charge is 2.28. The van der Waals surface area contributed by atoms with Crippen LogP contribution in [0.5, 0.6) is 0 Å². The van der Waals surface area contributed by atoms with Gasteiger partial charge in [0.2, 0.25) is 0 Å². The van der Waals surface area contributed by atoms with Crippen LogP contribution >= 0.6 is 0 Å². The number of hydrogen-bond acceptors (Lipinski definition) is 2. The van der Waals surface area contributed by atoms with Crippen molar-refractivity contribution in [2.24, 2.45) is 11.3 Å². The number of halogens is 2. The van der Waals surface area contributed by atoms with Crippen LogP contribution in [0.3, 0.4) is 0 Å². The number of nitrogen functional groups attached to an aromatic ring is 1. The second-order valence-corrected chi connectivity index (χ2v) is 7.10. The Balaban J connectivity index is 2.20. The fourth-order valence-electron chi connectivity index (χ4n) is 3.24. The Bertz CT molecular complexity index is 480. The van der Waals surface area contributed by atoms with Gasteiger partial charge in [0.25, 0.3) is 6.43 Å². The number of alkyl halides is 2. The van der Waals surface area contributed by atoms with E-state index in [1.54, 1.807) is 12.1 Å². The van der Waals surface area contributed by atoms with E-state index in [-0.39, 0.29) is 11.0 Å². The third-order valence-electron chi connectivity index (χ3n) is 4.58. The first-order valence-corrected chi connectivity index (χ1v) is 7.71. The lowest BCUT2D eigenvalue weighted by Gasteiger charge is -2.30. The highest BCUT2D eigenvalue weighted by atomic mass is 19.3. The SMILES string of the molecule is CC(C)(C)C1CCCN(c2ccc(N)cc2C(F)F)CC1. The number of hydrogen-bond donors (Lipinski definition) is 1. The molecule has 0 saturated carbocycles. The van der Waals surface area contributed by atoms with E-state index < -0.39 is 6.43 Å². The second kappa shape index (κ2) is 6.20. The van der Waals surface area contributed by atoms with E-state index in [1.165, 1.54) is 12.5 Å². The zero-order chi connectivity index (χ0) is 15.6. The molecule has 118 valence electrons. The van der Waals surface area contributed by atoms with Crippen LogP contribution in [0.25, 0.3) is 0 Å². The van der Waals surface area contributed by atoms with Crippen molar-refractivity contribution < 1.29 is 8.78 Å². The molecule has 1 saturated heterocycles. The normalized spacial score (nSPS) is 20.7. The monoisotopic (exact) mass is 296 g/mol. The smallest absolute Gasteiger partial charge is 0.265 e. The van der Waals surface area contributed by atoms with Crippen molar-refractivity contribution in [2.75, 3.05) is 23.7 Å². The predicted molar refractivity (Wildman–Crippen MR) is 84.8 cm³/mol. The van der Waals surface area contributed by atoms with Gasteiger partial charge in [-0.1, -0.05) is 20.8 Å². The van der Waals surface area contributed by atoms with Crippen molar-refractivity contribution in [3.05, 3.63) is 23.8 Å². The Morgan fingerprint density at radius 2 is 1.90 bits per heavy atom. The van der Waals surface area contributed by atoms with Crippen molar-refractivity contribution >= 4 is 11.4 Å². The first-order valence-electron chi connectivity index (χ1n) is 7.71. The fourth-order valence-corrected chi connectivity index (χ4v) is 3.24. The molecule has 0 aromatic heterocycles. The molecule has 2 N–H and O–H groups in total. The van der Waals surface area contributed by atoms with Crippen LogP contribution in [0.4, 0.5) is 20.2 Å². The summed E-state index contributed by atoms with van der Waals surface area (Å²) in [4.78, 5) is 2.10. The number of nitrogens with zero attached hydrogens (tertiary/aromatic N) is 1. The summed E-state index contributed by atoms with van der Waals surface area (Å²) >= 11 is 0. The van der Waals surface area contributed by atoms with Crippen LogP contribution in [-0.2, 0) is 0 Å². The molecule has 1 aliphatic heterocycles. The molecule has 0 radical (unpaired) electrons. The average molecular weight is 296 g/mol. The minimum Gasteiger partial charge on any atom is -0.399 e. The van der Waals surface area contributed by atoms with Gasteiger partial charge in [-0.2, -0.15) is 0 Å². The summed E-state index contributed by atoms with van der Waals surface area (Å²) in [7, 11) is 0. The second-order valence-electron chi connectivity index (χ2n) is 7.10. The van der Waals surface area contributed by atoms with Crippen LogP contribution in [0, 0.1) is 11.3 Å². The number of anilines is 2. The maximum Gasteiger partial charge on any atom is 0.265 e. The Hall–Kier alpha value is -1.32. The molecule has 2 rings (SSSR count). The van der Waals surface area contributed by atoms with E-state index >= 15 is 0 Å². The summed E-state index contributed by atoms with van der Waals surface area (Å²) in [5, 5.41) is 0. The summed E-state index contributed by atoms with van der Waals surface area (Å²) in [6.07, 6.45) is 0.787. The quantitative estimate of drug-likeness (QED) is 0.790. The maximum absolute atomic E-state index is 13.2. The summed E-state index contributed by atoms with van der Waals surface area (Å²) < 4.78 is 26.5. The maximum atomic E-state index is 13.2. The average Bonchev–Trinajstić information content (AvgIpc) is 2.63. The van der Waals surface area contributed by atoms with Gasteiger partial charge < -0.3 is 10.6 Å². The molecule has 0 amide bonds. The predicted octanol–water partition coefficient (Wildman–Crippen LogP) is 4.86. The molecular formula is C17H26F2N2. The molecule has 1 aromatic rings. The topological polar surface area (TPSA) is 29.3 Å². The Morgan fingerprint density at radius 1 is 1.19 bits per heavy atom. The molecule has 4 heteroatoms. The number of nitrogens with two attached hydrogens (primary N) is 1. The Kier molecular flexibility index (Phi) is 4.74. The summed E-state index contributed by atoms with van der Waals surface area (Å²) in [6, 6.07) is 4.87. The molecule has 0 aliphatic carbocycles. The van der Waals surface area contributed by atoms with Crippen LogP contribution in [-0.4, -0.2) is 13.1 Å². The molecule has 0 bridgehead atoms. The summed E-state index contributed by atoms with van der Waals surface area (Å²) in [5.41, 5.74) is 7.04. The molecule has 1 fully saturated rings. The number of benzene rings is 1. The summed E-state index contributed by atoms with van der Waals surface area (Å²) in [5.74, 6) is 0.645. The lowest BCUT2D eigenvalue weighted by molar-refractivity contribution is 0.152. The molecule has 1 unspecified atom stereocenters. The van der Waals surface area contributed by atoms with Crippen molar-refractivity contribution in [3.63, 3.8) is 0 Å². The van der Waals surface area contributed by atoms with Gasteiger partial charge in [-0.25, -0.2) is 8.78 Å². The van der Waals surface area contributed by atoms with Gasteiger partial charge >= 0.3 is 0 Å². The van der Waals surface area contributed by atoms with E-state index in [4.69, 9.17) is 5.73 Å². The lowest BCUT2D eigenvalue weighted by atomic mass is 9.77. The van der Waals surface area contributed by atoms with Crippen LogP contribution < -0.4 is 10.6 Å². The van der Waals surface area contributed by atoms with E-state index in [2.05, 4.69) is 25.7 Å². The van der Waals surface area contributed by atoms with Crippen molar-refractivity contribution in [1.82, 2.24) is 0 Å². The van der Waals surface area contributed by atoms with Gasteiger partial charge in [0.1, 0.15) is 0 Å². The van der Waals surface area contributed by atoms with Gasteiger partial charge in [-0.3, -0.25) is 0 Å². The molecular weight excluding hydrogens is 270 g/mol. The standard InChI is InChI=1S/C17H26F2N2/c1-17(2,3)12-5-4-9-21(10-8-12)15-7-6-13(20)11-14(15)16(18)19/h6-7,11-12,16H,4-5,8-10,20H2,1-3H3. The van der Waals surface area contributed by atoms with Crippen molar-refractivity contribution in [1.29, 1.82) is 0 Å². The molecule has 2 nitrogen and oxygen atoms in total. The first kappa shape index (κ1) is 16.1. The molecule has 1 atom stereocenters. The molecule has 21 heavy (non-hydrogen) atoms. The molecule has 1 heterocycles. The first-order chi connectivity index (χ1) is 9.79. The van der Waals surface area contributed by atoms with Gasteiger partial charge in [0.15, 0.2) is 0 Å². The van der Waals surface area contributed by atoms with E-state index in [9.17, 15) is 8.78 Å². The largest absolute Gasteiger partial charge is 0.399 e. The minimum atomic E-state index is -2.48. The molecule has 1 aromatic carbocycles. The van der Waals surface area contributed by atoms with Gasteiger partial charge in [-0.15, -0.1) is 0 Å². The van der Waals surface area contributed by atoms with Crippen molar-refractivity contribution in [2.45, 2.75) is 46.5 Å². The van der Waals surface area contributed by atoms with Crippen LogP contribution in [0.15, 0.2) is 18.2 Å². The van der Waals surface area contributed by atoms with Crippen molar-refractivity contribution in [3.8, 4) is 0 Å². The molecule has 1 aliphatic rings. The van der Waals surface area contributed by atoms with E-state index in [0.29, 0.717) is 17.3 Å². The minimum absolute atomic E-state index is 0.0595. The number of rotatable bonds is 2. The molecule has 0 spiro atoms. The van der Waals surface area contributed by atoms with Gasteiger partial charge in [0.05, 0.1) is 0 Å². The third-order valence-corrected chi connectivity index (χ3v) is 4.58. The lowest BCUT2D eigenvalue weighted by Crippen LogP contribution is -2.27. The van der Waals surface area contributed by atoms with E-state index in [1.807, 2.05) is 0 Å². The zero-order valence-electron chi connectivity index (χ0n) is 13.2. The zero-order valence-corrected chi connectivity index (χ0v) is 13.2. The summed E-state index contributed by atoms with van der Waals surface area (Å²) in [6.45, 7) is 8.48. The Labute approximate surface area is 126 Å². The fraction of sp³-hybridized carbons (Fsp3) is 0.647. The van der Waals surface area contributed by atoms with E-state index in [0.717, 1.165) is 25.9 Å². The third kappa shape index (κ3) is 3.86. The Morgan fingerprint density at radius 3 is 2.52 bits per heavy atom. The van der Waals surface area contributed by atoms with Gasteiger partial charge in [0, 0.05) is 30.0 Å². The highest BCUT2D eigenvalue weighted by Crippen LogP contribution is 2.37. The van der Waals surface area contributed by atoms with Gasteiger partial charge in [-0.05, 0) is 48.8 Å². The van der Waals surface area contributed by atoms with Crippen LogP contribution in [0.2, 0.25) is 0 Å². The van der Waals surface area contributed by atoms with Crippen LogP contribution in [0.1, 0.15) is 52.0 Å².